The third kappa shape index (κ3) is 2.17. The lowest BCUT2D eigenvalue weighted by Gasteiger charge is -2.05. The number of aromatic nitrogens is 1. The van der Waals surface area contributed by atoms with Gasteiger partial charge < -0.3 is 10.4 Å². The minimum absolute atomic E-state index is 0.0454. The second-order valence-corrected chi connectivity index (χ2v) is 3.19. The van der Waals surface area contributed by atoms with E-state index >= 15 is 0 Å². The zero-order valence-corrected chi connectivity index (χ0v) is 8.42. The van der Waals surface area contributed by atoms with Gasteiger partial charge in [-0.3, -0.25) is 4.79 Å². The minimum atomic E-state index is -0.378. The predicted molar refractivity (Wildman–Crippen MR) is 60.3 cm³/mol. The number of nitrogens with one attached hydrogen (secondary N) is 1. The monoisotopic (exact) mass is 214 g/mol. The van der Waals surface area contributed by atoms with Crippen LogP contribution in [0.2, 0.25) is 0 Å². The second kappa shape index (κ2) is 4.44. The highest BCUT2D eigenvalue weighted by atomic mass is 16.3. The average molecular weight is 214 g/mol. The highest BCUT2D eigenvalue weighted by Crippen LogP contribution is 2.16. The lowest BCUT2D eigenvalue weighted by atomic mass is 10.2. The van der Waals surface area contributed by atoms with Gasteiger partial charge in [0.25, 0.3) is 5.91 Å². The van der Waals surface area contributed by atoms with Crippen LogP contribution in [0, 0.1) is 0 Å². The Bertz CT molecular complexity index is 497. The number of carbonyl (C=O) groups is 1. The number of aromatic hydroxyl groups is 1. The summed E-state index contributed by atoms with van der Waals surface area (Å²) in [5.74, 6) is 0.0310. The van der Waals surface area contributed by atoms with Gasteiger partial charge in [0.2, 0.25) is 0 Å². The van der Waals surface area contributed by atoms with Crippen LogP contribution >= 0.6 is 0 Å². The average Bonchev–Trinajstić information content (AvgIpc) is 2.31. The molecule has 0 aliphatic heterocycles. The number of hydrogen-bond donors (Lipinski definition) is 2. The van der Waals surface area contributed by atoms with E-state index in [0.29, 0.717) is 5.82 Å². The topological polar surface area (TPSA) is 62.2 Å². The fraction of sp³-hybridized carbons (Fsp3) is 0. The molecule has 0 fully saturated rings. The van der Waals surface area contributed by atoms with Crippen molar-refractivity contribution < 1.29 is 9.90 Å². The van der Waals surface area contributed by atoms with E-state index in [-0.39, 0.29) is 17.2 Å². The SMILES string of the molecule is O=C(Nc1ccccn1)c1ccccc1O. The fourth-order valence-corrected chi connectivity index (χ4v) is 1.29. The Kier molecular flexibility index (Phi) is 2.82. The van der Waals surface area contributed by atoms with Crippen LogP contribution in [0.25, 0.3) is 0 Å². The van der Waals surface area contributed by atoms with Crippen molar-refractivity contribution in [2.24, 2.45) is 0 Å². The number of anilines is 1. The van der Waals surface area contributed by atoms with Gasteiger partial charge in [-0.1, -0.05) is 18.2 Å². The number of rotatable bonds is 2. The largest absolute Gasteiger partial charge is 0.507 e. The molecule has 0 radical (unpaired) electrons. The maximum absolute atomic E-state index is 11.7. The van der Waals surface area contributed by atoms with Crippen molar-refractivity contribution in [1.29, 1.82) is 0 Å². The standard InChI is InChI=1S/C12H10N2O2/c15-10-6-2-1-5-9(10)12(16)14-11-7-3-4-8-13-11/h1-8,15H,(H,13,14,16). The number of para-hydroxylation sites is 1. The van der Waals surface area contributed by atoms with E-state index < -0.39 is 0 Å². The van der Waals surface area contributed by atoms with Crippen LogP contribution in [0.15, 0.2) is 48.7 Å². The third-order valence-corrected chi connectivity index (χ3v) is 2.06. The summed E-state index contributed by atoms with van der Waals surface area (Å²) in [5, 5.41) is 12.1. The predicted octanol–water partition coefficient (Wildman–Crippen LogP) is 2.04. The molecule has 2 rings (SSSR count). The molecular weight excluding hydrogens is 204 g/mol. The number of carbonyl (C=O) groups excluding carboxylic acids is 1. The summed E-state index contributed by atoms with van der Waals surface area (Å²) in [6.07, 6.45) is 1.58. The Labute approximate surface area is 92.6 Å². The molecule has 80 valence electrons. The first-order valence-corrected chi connectivity index (χ1v) is 4.78. The van der Waals surface area contributed by atoms with Gasteiger partial charge in [0, 0.05) is 6.20 Å². The van der Waals surface area contributed by atoms with Crippen LogP contribution < -0.4 is 5.32 Å². The smallest absolute Gasteiger partial charge is 0.260 e. The molecule has 4 heteroatoms. The number of hydrogen-bond acceptors (Lipinski definition) is 3. The van der Waals surface area contributed by atoms with E-state index in [1.165, 1.54) is 6.07 Å². The number of phenolic OH excluding ortho intramolecular Hbond substituents is 1. The van der Waals surface area contributed by atoms with Crippen LogP contribution in [0.1, 0.15) is 10.4 Å². The Morgan fingerprint density at radius 2 is 1.88 bits per heavy atom. The van der Waals surface area contributed by atoms with Gasteiger partial charge in [-0.25, -0.2) is 4.98 Å². The van der Waals surface area contributed by atoms with Gasteiger partial charge >= 0.3 is 0 Å². The van der Waals surface area contributed by atoms with Gasteiger partial charge in [0.1, 0.15) is 11.6 Å². The summed E-state index contributed by atoms with van der Waals surface area (Å²) in [6, 6.07) is 11.6. The fourth-order valence-electron chi connectivity index (χ4n) is 1.29. The number of benzene rings is 1. The second-order valence-electron chi connectivity index (χ2n) is 3.19. The molecule has 0 unspecified atom stereocenters. The molecular formula is C12H10N2O2. The van der Waals surface area contributed by atoms with E-state index in [1.807, 2.05) is 0 Å². The normalized spacial score (nSPS) is 9.75. The summed E-state index contributed by atoms with van der Waals surface area (Å²) in [4.78, 5) is 15.7. The molecule has 2 aromatic rings. The van der Waals surface area contributed by atoms with Crippen LogP contribution in [0.3, 0.4) is 0 Å². The van der Waals surface area contributed by atoms with Crippen LogP contribution in [-0.2, 0) is 0 Å². The molecule has 0 atom stereocenters. The molecule has 4 nitrogen and oxygen atoms in total. The maximum atomic E-state index is 11.7. The molecule has 1 aromatic heterocycles. The van der Waals surface area contributed by atoms with E-state index in [2.05, 4.69) is 10.3 Å². The quantitative estimate of drug-likeness (QED) is 0.804. The molecule has 0 bridgehead atoms. The molecule has 1 heterocycles. The van der Waals surface area contributed by atoms with Crippen molar-refractivity contribution in [2.75, 3.05) is 5.32 Å². The van der Waals surface area contributed by atoms with Gasteiger partial charge in [0.05, 0.1) is 5.56 Å². The first-order chi connectivity index (χ1) is 7.77. The van der Waals surface area contributed by atoms with Gasteiger partial charge in [-0.05, 0) is 24.3 Å². The van der Waals surface area contributed by atoms with E-state index in [0.717, 1.165) is 0 Å². The van der Waals surface area contributed by atoms with Gasteiger partial charge in [0.15, 0.2) is 0 Å². The molecule has 1 amide bonds. The van der Waals surface area contributed by atoms with E-state index in [4.69, 9.17) is 0 Å². The third-order valence-electron chi connectivity index (χ3n) is 2.06. The Morgan fingerprint density at radius 3 is 2.56 bits per heavy atom. The number of amides is 1. The molecule has 0 aliphatic carbocycles. The lowest BCUT2D eigenvalue weighted by Crippen LogP contribution is -2.12. The molecule has 1 aromatic carbocycles. The van der Waals surface area contributed by atoms with Gasteiger partial charge in [-0.15, -0.1) is 0 Å². The molecule has 16 heavy (non-hydrogen) atoms. The van der Waals surface area contributed by atoms with Crippen LogP contribution in [0.5, 0.6) is 5.75 Å². The van der Waals surface area contributed by atoms with Crippen LogP contribution in [-0.4, -0.2) is 16.0 Å². The number of pyridine rings is 1. The van der Waals surface area contributed by atoms with Gasteiger partial charge in [-0.2, -0.15) is 0 Å². The van der Waals surface area contributed by atoms with Crippen molar-refractivity contribution >= 4 is 11.7 Å². The van der Waals surface area contributed by atoms with Crippen LogP contribution in [0.4, 0.5) is 5.82 Å². The summed E-state index contributed by atoms with van der Waals surface area (Å²) in [5.41, 5.74) is 0.230. The molecule has 0 saturated heterocycles. The maximum Gasteiger partial charge on any atom is 0.260 e. The Hall–Kier alpha value is -2.36. The first kappa shape index (κ1) is 10.2. The molecule has 0 aliphatic rings. The highest BCUT2D eigenvalue weighted by Gasteiger charge is 2.10. The summed E-state index contributed by atoms with van der Waals surface area (Å²) < 4.78 is 0. The summed E-state index contributed by atoms with van der Waals surface area (Å²) in [7, 11) is 0. The lowest BCUT2D eigenvalue weighted by molar-refractivity contribution is 0.102. The summed E-state index contributed by atoms with van der Waals surface area (Å²) in [6.45, 7) is 0. The number of phenols is 1. The minimum Gasteiger partial charge on any atom is -0.507 e. The first-order valence-electron chi connectivity index (χ1n) is 4.78. The number of nitrogens with zero attached hydrogens (tertiary/aromatic N) is 1. The summed E-state index contributed by atoms with van der Waals surface area (Å²) >= 11 is 0. The van der Waals surface area contributed by atoms with Crippen molar-refractivity contribution in [3.05, 3.63) is 54.2 Å². The highest BCUT2D eigenvalue weighted by molar-refractivity contribution is 6.05. The van der Waals surface area contributed by atoms with Crippen molar-refractivity contribution in [1.82, 2.24) is 4.98 Å². The van der Waals surface area contributed by atoms with Crippen molar-refractivity contribution in [3.63, 3.8) is 0 Å². The Balaban J connectivity index is 2.19. The van der Waals surface area contributed by atoms with Crippen molar-refractivity contribution in [2.45, 2.75) is 0 Å². The Morgan fingerprint density at radius 1 is 1.12 bits per heavy atom. The molecule has 0 spiro atoms. The zero-order chi connectivity index (χ0) is 11.4. The molecule has 0 saturated carbocycles. The van der Waals surface area contributed by atoms with Crippen molar-refractivity contribution in [3.8, 4) is 5.75 Å². The molecule has 2 N–H and O–H groups in total. The zero-order valence-electron chi connectivity index (χ0n) is 8.42. The van der Waals surface area contributed by atoms with E-state index in [1.54, 1.807) is 42.6 Å². The van der Waals surface area contributed by atoms with E-state index in [9.17, 15) is 9.90 Å².